The van der Waals surface area contributed by atoms with Crippen LogP contribution in [0.25, 0.3) is 0 Å². The largest absolute Gasteiger partial charge is 0.383 e. The highest BCUT2D eigenvalue weighted by Crippen LogP contribution is 2.11. The number of anilines is 1. The molecule has 6 nitrogen and oxygen atoms in total. The zero-order chi connectivity index (χ0) is 12.4. The standard InChI is InChI=1S/C11H15N5O/c1-7(2)16-4-3-8(15-16)5-10(17)9-6-13-14-11(9)12/h3-4,6-7H,5H2,1-2H3,(H3,12,13,14). The molecule has 0 saturated heterocycles. The molecule has 0 radical (unpaired) electrons. The van der Waals surface area contributed by atoms with Crippen LogP contribution in [0.1, 0.15) is 35.9 Å². The lowest BCUT2D eigenvalue weighted by atomic mass is 10.1. The molecule has 90 valence electrons. The summed E-state index contributed by atoms with van der Waals surface area (Å²) in [4.78, 5) is 11.9. The van der Waals surface area contributed by atoms with Crippen LogP contribution in [0.2, 0.25) is 0 Å². The van der Waals surface area contributed by atoms with Gasteiger partial charge in [-0.1, -0.05) is 0 Å². The summed E-state index contributed by atoms with van der Waals surface area (Å²) in [6.45, 7) is 4.07. The molecule has 0 atom stereocenters. The van der Waals surface area contributed by atoms with E-state index in [2.05, 4.69) is 15.3 Å². The molecule has 2 rings (SSSR count). The van der Waals surface area contributed by atoms with Crippen molar-refractivity contribution >= 4 is 11.6 Å². The summed E-state index contributed by atoms with van der Waals surface area (Å²) >= 11 is 0. The van der Waals surface area contributed by atoms with E-state index in [0.717, 1.165) is 5.69 Å². The monoisotopic (exact) mass is 233 g/mol. The van der Waals surface area contributed by atoms with Crippen LogP contribution in [0.3, 0.4) is 0 Å². The molecule has 0 aliphatic carbocycles. The van der Waals surface area contributed by atoms with Crippen LogP contribution in [0.5, 0.6) is 0 Å². The number of nitrogen functional groups attached to an aromatic ring is 1. The number of rotatable bonds is 4. The van der Waals surface area contributed by atoms with Crippen LogP contribution in [-0.2, 0) is 6.42 Å². The number of H-pyrrole nitrogens is 1. The summed E-state index contributed by atoms with van der Waals surface area (Å²) < 4.78 is 1.82. The van der Waals surface area contributed by atoms with E-state index in [9.17, 15) is 4.79 Å². The van der Waals surface area contributed by atoms with Crippen LogP contribution < -0.4 is 5.73 Å². The molecule has 0 amide bonds. The Morgan fingerprint density at radius 2 is 2.35 bits per heavy atom. The van der Waals surface area contributed by atoms with Crippen molar-refractivity contribution in [3.8, 4) is 0 Å². The highest BCUT2D eigenvalue weighted by molar-refractivity contribution is 6.00. The molecule has 0 unspecified atom stereocenters. The van der Waals surface area contributed by atoms with Crippen molar-refractivity contribution in [2.75, 3.05) is 5.73 Å². The molecule has 0 aliphatic heterocycles. The fourth-order valence-corrected chi connectivity index (χ4v) is 1.54. The Morgan fingerprint density at radius 1 is 1.59 bits per heavy atom. The Labute approximate surface area is 98.8 Å². The number of carbonyl (C=O) groups is 1. The van der Waals surface area contributed by atoms with E-state index in [0.29, 0.717) is 11.4 Å². The van der Waals surface area contributed by atoms with Crippen LogP contribution in [-0.4, -0.2) is 25.8 Å². The average Bonchev–Trinajstić information content (AvgIpc) is 2.86. The minimum absolute atomic E-state index is 0.0785. The number of aromatic amines is 1. The van der Waals surface area contributed by atoms with E-state index in [1.54, 1.807) is 0 Å². The molecular formula is C11H15N5O. The Balaban J connectivity index is 2.11. The summed E-state index contributed by atoms with van der Waals surface area (Å²) in [5.41, 5.74) is 6.74. The summed E-state index contributed by atoms with van der Waals surface area (Å²) in [7, 11) is 0. The number of Topliss-reactive ketones (excluding diaryl/α,β-unsaturated/α-hetero) is 1. The molecule has 2 aromatic heterocycles. The van der Waals surface area contributed by atoms with Gasteiger partial charge in [-0.05, 0) is 19.9 Å². The van der Waals surface area contributed by atoms with E-state index >= 15 is 0 Å². The molecular weight excluding hydrogens is 218 g/mol. The van der Waals surface area contributed by atoms with Gasteiger partial charge in [-0.25, -0.2) is 0 Å². The first-order chi connectivity index (χ1) is 8.08. The van der Waals surface area contributed by atoms with Gasteiger partial charge in [-0.3, -0.25) is 14.6 Å². The first-order valence-electron chi connectivity index (χ1n) is 5.44. The molecule has 0 saturated carbocycles. The van der Waals surface area contributed by atoms with Crippen molar-refractivity contribution in [1.82, 2.24) is 20.0 Å². The summed E-state index contributed by atoms with van der Waals surface area (Å²) in [6, 6.07) is 2.13. The fraction of sp³-hybridized carbons (Fsp3) is 0.364. The lowest BCUT2D eigenvalue weighted by Gasteiger charge is -2.03. The van der Waals surface area contributed by atoms with Gasteiger partial charge < -0.3 is 5.73 Å². The van der Waals surface area contributed by atoms with E-state index in [-0.39, 0.29) is 18.2 Å². The van der Waals surface area contributed by atoms with E-state index in [1.807, 2.05) is 30.8 Å². The van der Waals surface area contributed by atoms with Gasteiger partial charge in [0.25, 0.3) is 0 Å². The molecule has 17 heavy (non-hydrogen) atoms. The smallest absolute Gasteiger partial charge is 0.174 e. The SMILES string of the molecule is CC(C)n1ccc(CC(=O)c2cn[nH]c2N)n1. The van der Waals surface area contributed by atoms with Crippen LogP contribution >= 0.6 is 0 Å². The van der Waals surface area contributed by atoms with Gasteiger partial charge in [0.2, 0.25) is 0 Å². The summed E-state index contributed by atoms with van der Waals surface area (Å²) in [5.74, 6) is 0.226. The third-order valence-electron chi connectivity index (χ3n) is 2.50. The zero-order valence-corrected chi connectivity index (χ0v) is 9.84. The van der Waals surface area contributed by atoms with Crippen LogP contribution in [0, 0.1) is 0 Å². The predicted octanol–water partition coefficient (Wildman–Crippen LogP) is 1.19. The first kappa shape index (κ1) is 11.4. The maximum atomic E-state index is 11.9. The lowest BCUT2D eigenvalue weighted by Crippen LogP contribution is -2.07. The topological polar surface area (TPSA) is 89.6 Å². The maximum absolute atomic E-state index is 11.9. The zero-order valence-electron chi connectivity index (χ0n) is 9.84. The molecule has 0 bridgehead atoms. The van der Waals surface area contributed by atoms with Crippen LogP contribution in [0.4, 0.5) is 5.82 Å². The Bertz CT molecular complexity index is 525. The number of aromatic nitrogens is 4. The highest BCUT2D eigenvalue weighted by atomic mass is 16.1. The van der Waals surface area contributed by atoms with Gasteiger partial charge in [0.15, 0.2) is 5.78 Å². The number of nitrogens with zero attached hydrogens (tertiary/aromatic N) is 3. The van der Waals surface area contributed by atoms with Crippen molar-refractivity contribution in [3.05, 3.63) is 29.7 Å². The molecule has 0 fully saturated rings. The van der Waals surface area contributed by atoms with Crippen molar-refractivity contribution in [3.63, 3.8) is 0 Å². The number of ketones is 1. The Morgan fingerprint density at radius 3 is 2.88 bits per heavy atom. The third-order valence-corrected chi connectivity index (χ3v) is 2.50. The molecule has 3 N–H and O–H groups in total. The van der Waals surface area contributed by atoms with Crippen LogP contribution in [0.15, 0.2) is 18.5 Å². The summed E-state index contributed by atoms with van der Waals surface area (Å²) in [5, 5.41) is 10.6. The second kappa shape index (κ2) is 4.40. The molecule has 2 aromatic rings. The third kappa shape index (κ3) is 2.35. The van der Waals surface area contributed by atoms with Crippen molar-refractivity contribution in [2.45, 2.75) is 26.3 Å². The normalized spacial score (nSPS) is 11.0. The van der Waals surface area contributed by atoms with E-state index < -0.39 is 0 Å². The maximum Gasteiger partial charge on any atom is 0.174 e. The molecule has 0 aliphatic rings. The minimum Gasteiger partial charge on any atom is -0.383 e. The lowest BCUT2D eigenvalue weighted by molar-refractivity contribution is 0.0992. The summed E-state index contributed by atoms with van der Waals surface area (Å²) in [6.07, 6.45) is 3.55. The van der Waals surface area contributed by atoms with Crippen molar-refractivity contribution < 1.29 is 4.79 Å². The number of carbonyl (C=O) groups excluding carboxylic acids is 1. The Hall–Kier alpha value is -2.11. The second-order valence-electron chi connectivity index (χ2n) is 4.18. The minimum atomic E-state index is -0.0785. The highest BCUT2D eigenvalue weighted by Gasteiger charge is 2.14. The molecule has 2 heterocycles. The fourth-order valence-electron chi connectivity index (χ4n) is 1.54. The quantitative estimate of drug-likeness (QED) is 0.776. The predicted molar refractivity (Wildman–Crippen MR) is 63.6 cm³/mol. The van der Waals surface area contributed by atoms with Gasteiger partial charge in [0.05, 0.1) is 23.9 Å². The van der Waals surface area contributed by atoms with Gasteiger partial charge in [-0.15, -0.1) is 0 Å². The van der Waals surface area contributed by atoms with Crippen molar-refractivity contribution in [1.29, 1.82) is 0 Å². The molecule has 6 heteroatoms. The average molecular weight is 233 g/mol. The number of hydrogen-bond donors (Lipinski definition) is 2. The molecule has 0 aromatic carbocycles. The molecule has 0 spiro atoms. The number of nitrogens with two attached hydrogens (primary N) is 1. The Kier molecular flexibility index (Phi) is 2.95. The number of hydrogen-bond acceptors (Lipinski definition) is 4. The van der Waals surface area contributed by atoms with Gasteiger partial charge >= 0.3 is 0 Å². The van der Waals surface area contributed by atoms with Crippen molar-refractivity contribution in [2.24, 2.45) is 0 Å². The van der Waals surface area contributed by atoms with Gasteiger partial charge in [0, 0.05) is 12.2 Å². The van der Waals surface area contributed by atoms with E-state index in [1.165, 1.54) is 6.20 Å². The second-order valence-corrected chi connectivity index (χ2v) is 4.18. The van der Waals surface area contributed by atoms with Gasteiger partial charge in [0.1, 0.15) is 5.82 Å². The van der Waals surface area contributed by atoms with E-state index in [4.69, 9.17) is 5.73 Å². The van der Waals surface area contributed by atoms with Gasteiger partial charge in [-0.2, -0.15) is 10.2 Å². The first-order valence-corrected chi connectivity index (χ1v) is 5.44. The number of nitrogens with one attached hydrogen (secondary N) is 1.